The van der Waals surface area contributed by atoms with Crippen molar-refractivity contribution >= 4 is 17.4 Å². The molecule has 1 heterocycles. The van der Waals surface area contributed by atoms with Crippen LogP contribution in [0.3, 0.4) is 0 Å². The first-order valence-corrected chi connectivity index (χ1v) is 7.10. The Bertz CT molecular complexity index is 440. The molecular formula is C14H21ClN4. The van der Waals surface area contributed by atoms with Crippen LogP contribution in [-0.2, 0) is 6.42 Å². The monoisotopic (exact) mass is 280 g/mol. The van der Waals surface area contributed by atoms with Gasteiger partial charge in [0, 0.05) is 25.6 Å². The minimum atomic E-state index is 0.471. The Balaban J connectivity index is 2.96. The summed E-state index contributed by atoms with van der Waals surface area (Å²) in [6.07, 6.45) is 2.29. The number of aryl methyl sites for hydroxylation is 1. The van der Waals surface area contributed by atoms with Gasteiger partial charge < -0.3 is 4.90 Å². The highest BCUT2D eigenvalue weighted by Gasteiger charge is 2.12. The van der Waals surface area contributed by atoms with Crippen LogP contribution in [-0.4, -0.2) is 23.1 Å². The molecule has 0 aliphatic heterocycles. The molecule has 1 aromatic rings. The molecule has 104 valence electrons. The van der Waals surface area contributed by atoms with Crippen molar-refractivity contribution in [2.24, 2.45) is 5.92 Å². The van der Waals surface area contributed by atoms with Crippen molar-refractivity contribution in [2.45, 2.75) is 40.0 Å². The molecule has 0 unspecified atom stereocenters. The molecule has 4 nitrogen and oxygen atoms in total. The molecule has 0 radical (unpaired) electrons. The Labute approximate surface area is 120 Å². The van der Waals surface area contributed by atoms with Crippen LogP contribution < -0.4 is 4.90 Å². The van der Waals surface area contributed by atoms with Crippen molar-refractivity contribution in [3.05, 3.63) is 17.0 Å². The van der Waals surface area contributed by atoms with Crippen molar-refractivity contribution < 1.29 is 0 Å². The summed E-state index contributed by atoms with van der Waals surface area (Å²) < 4.78 is 0. The largest absolute Gasteiger partial charge is 0.355 e. The number of nitriles is 1. The minimum absolute atomic E-state index is 0.471. The molecule has 0 amide bonds. The number of anilines is 1. The third-order valence-electron chi connectivity index (χ3n) is 2.60. The maximum atomic E-state index is 8.75. The molecule has 0 saturated carbocycles. The first kappa shape index (κ1) is 15.7. The van der Waals surface area contributed by atoms with E-state index in [1.165, 1.54) is 0 Å². The minimum Gasteiger partial charge on any atom is -0.355 e. The predicted octanol–water partition coefficient (Wildman–Crippen LogP) is 3.46. The number of hydrogen-bond donors (Lipinski definition) is 0. The predicted molar refractivity (Wildman–Crippen MR) is 78.3 cm³/mol. The molecule has 0 N–H and O–H groups in total. The standard InChI is InChI=1S/C14H21ClN4/c1-4-6-13-17-12(15)9-14(18-13)19(8-5-7-16)10-11(2)3/h9,11H,4-6,8,10H2,1-3H3. The molecule has 0 bridgehead atoms. The lowest BCUT2D eigenvalue weighted by Crippen LogP contribution is -2.29. The second kappa shape index (κ2) is 7.96. The van der Waals surface area contributed by atoms with Crippen LogP contribution >= 0.6 is 11.6 Å². The van der Waals surface area contributed by atoms with Gasteiger partial charge in [0.25, 0.3) is 0 Å². The molecule has 1 aromatic heterocycles. The number of rotatable bonds is 7. The van der Waals surface area contributed by atoms with Crippen LogP contribution in [0.1, 0.15) is 39.4 Å². The van der Waals surface area contributed by atoms with E-state index in [9.17, 15) is 0 Å². The number of aromatic nitrogens is 2. The van der Waals surface area contributed by atoms with Crippen LogP contribution in [0.2, 0.25) is 5.15 Å². The highest BCUT2D eigenvalue weighted by molar-refractivity contribution is 6.29. The zero-order chi connectivity index (χ0) is 14.3. The molecule has 5 heteroatoms. The lowest BCUT2D eigenvalue weighted by atomic mass is 10.2. The summed E-state index contributed by atoms with van der Waals surface area (Å²) in [7, 11) is 0. The molecule has 0 saturated heterocycles. The van der Waals surface area contributed by atoms with Gasteiger partial charge in [-0.1, -0.05) is 32.4 Å². The molecule has 19 heavy (non-hydrogen) atoms. The normalized spacial score (nSPS) is 10.5. The Hall–Kier alpha value is -1.34. The maximum Gasteiger partial charge on any atom is 0.134 e. The van der Waals surface area contributed by atoms with E-state index in [-0.39, 0.29) is 0 Å². The first-order valence-electron chi connectivity index (χ1n) is 6.72. The molecule has 0 spiro atoms. The Morgan fingerprint density at radius 1 is 1.42 bits per heavy atom. The third-order valence-corrected chi connectivity index (χ3v) is 2.80. The van der Waals surface area contributed by atoms with Gasteiger partial charge in [-0.2, -0.15) is 5.26 Å². The zero-order valence-corrected chi connectivity index (χ0v) is 12.6. The van der Waals surface area contributed by atoms with Gasteiger partial charge in [0.15, 0.2) is 0 Å². The smallest absolute Gasteiger partial charge is 0.134 e. The fourth-order valence-electron chi connectivity index (χ4n) is 1.87. The fourth-order valence-corrected chi connectivity index (χ4v) is 2.07. The van der Waals surface area contributed by atoms with Crippen LogP contribution in [0, 0.1) is 17.2 Å². The van der Waals surface area contributed by atoms with Gasteiger partial charge in [-0.15, -0.1) is 0 Å². The molecule has 0 atom stereocenters. The average Bonchev–Trinajstić information content (AvgIpc) is 2.33. The summed E-state index contributed by atoms with van der Waals surface area (Å²) >= 11 is 6.06. The Kier molecular flexibility index (Phi) is 6.58. The highest BCUT2D eigenvalue weighted by Crippen LogP contribution is 2.18. The lowest BCUT2D eigenvalue weighted by Gasteiger charge is -2.25. The van der Waals surface area contributed by atoms with Gasteiger partial charge in [-0.05, 0) is 12.3 Å². The van der Waals surface area contributed by atoms with Gasteiger partial charge in [-0.25, -0.2) is 9.97 Å². The van der Waals surface area contributed by atoms with Gasteiger partial charge in [0.1, 0.15) is 16.8 Å². The third kappa shape index (κ3) is 5.44. The number of nitrogens with zero attached hydrogens (tertiary/aromatic N) is 4. The van der Waals surface area contributed by atoms with Crippen molar-refractivity contribution in [2.75, 3.05) is 18.0 Å². The van der Waals surface area contributed by atoms with Crippen molar-refractivity contribution in [1.82, 2.24) is 9.97 Å². The molecule has 1 rings (SSSR count). The topological polar surface area (TPSA) is 52.8 Å². The molecular weight excluding hydrogens is 260 g/mol. The van der Waals surface area contributed by atoms with Crippen LogP contribution in [0.15, 0.2) is 6.07 Å². The Morgan fingerprint density at radius 2 is 2.16 bits per heavy atom. The summed E-state index contributed by atoms with van der Waals surface area (Å²) in [4.78, 5) is 10.9. The summed E-state index contributed by atoms with van der Waals surface area (Å²) in [6.45, 7) is 7.92. The fraction of sp³-hybridized carbons (Fsp3) is 0.643. The maximum absolute atomic E-state index is 8.75. The van der Waals surface area contributed by atoms with E-state index in [0.717, 1.165) is 31.0 Å². The van der Waals surface area contributed by atoms with Gasteiger partial charge >= 0.3 is 0 Å². The summed E-state index contributed by atoms with van der Waals surface area (Å²) in [5.41, 5.74) is 0. The van der Waals surface area contributed by atoms with Gasteiger partial charge in [-0.3, -0.25) is 0 Å². The Morgan fingerprint density at radius 3 is 2.74 bits per heavy atom. The van der Waals surface area contributed by atoms with Crippen molar-refractivity contribution in [3.63, 3.8) is 0 Å². The summed E-state index contributed by atoms with van der Waals surface area (Å²) in [5, 5.41) is 9.23. The summed E-state index contributed by atoms with van der Waals surface area (Å²) in [6, 6.07) is 3.96. The van der Waals surface area contributed by atoms with E-state index in [1.807, 2.05) is 0 Å². The summed E-state index contributed by atoms with van der Waals surface area (Å²) in [5.74, 6) is 2.10. The van der Waals surface area contributed by atoms with E-state index in [2.05, 4.69) is 41.7 Å². The van der Waals surface area contributed by atoms with Gasteiger partial charge in [0.05, 0.1) is 12.5 Å². The van der Waals surface area contributed by atoms with Crippen LogP contribution in [0.5, 0.6) is 0 Å². The lowest BCUT2D eigenvalue weighted by molar-refractivity contribution is 0.605. The van der Waals surface area contributed by atoms with E-state index < -0.39 is 0 Å². The van der Waals surface area contributed by atoms with E-state index in [4.69, 9.17) is 16.9 Å². The highest BCUT2D eigenvalue weighted by atomic mass is 35.5. The van der Waals surface area contributed by atoms with E-state index in [0.29, 0.717) is 24.0 Å². The van der Waals surface area contributed by atoms with Crippen molar-refractivity contribution in [3.8, 4) is 6.07 Å². The van der Waals surface area contributed by atoms with Crippen LogP contribution in [0.25, 0.3) is 0 Å². The number of hydrogen-bond acceptors (Lipinski definition) is 4. The average molecular weight is 281 g/mol. The SMILES string of the molecule is CCCc1nc(Cl)cc(N(CCC#N)CC(C)C)n1. The quantitative estimate of drug-likeness (QED) is 0.718. The first-order chi connectivity index (χ1) is 9.06. The molecule has 0 aliphatic carbocycles. The van der Waals surface area contributed by atoms with E-state index >= 15 is 0 Å². The zero-order valence-electron chi connectivity index (χ0n) is 11.9. The second-order valence-corrected chi connectivity index (χ2v) is 5.35. The molecule has 0 fully saturated rings. The second-order valence-electron chi connectivity index (χ2n) is 4.96. The molecule has 0 aliphatic rings. The van der Waals surface area contributed by atoms with E-state index in [1.54, 1.807) is 6.07 Å². The van der Waals surface area contributed by atoms with Crippen LogP contribution in [0.4, 0.5) is 5.82 Å². The molecule has 0 aromatic carbocycles. The van der Waals surface area contributed by atoms with Crippen molar-refractivity contribution in [1.29, 1.82) is 5.26 Å². The number of halogens is 1. The van der Waals surface area contributed by atoms with Gasteiger partial charge in [0.2, 0.25) is 0 Å².